The Morgan fingerprint density at radius 3 is 2.33 bits per heavy atom. The first-order valence-electron chi connectivity index (χ1n) is 8.26. The largest absolute Gasteiger partial charge is 0.343 e. The van der Waals surface area contributed by atoms with Gasteiger partial charge in [0.05, 0.1) is 0 Å². The van der Waals surface area contributed by atoms with Crippen LogP contribution in [0.3, 0.4) is 0 Å². The predicted octanol–water partition coefficient (Wildman–Crippen LogP) is 4.29. The quantitative estimate of drug-likeness (QED) is 0.809. The first-order valence-corrected chi connectivity index (χ1v) is 8.26. The second kappa shape index (κ2) is 7.11. The molecule has 2 heteroatoms. The van der Waals surface area contributed by atoms with Crippen molar-refractivity contribution in [3.8, 4) is 0 Å². The molecule has 1 fully saturated rings. The molecule has 0 N–H and O–H groups in total. The molecule has 2 rings (SSSR count). The summed E-state index contributed by atoms with van der Waals surface area (Å²) in [6.07, 6.45) is 5.14. The van der Waals surface area contributed by atoms with E-state index in [1.165, 1.54) is 5.56 Å². The summed E-state index contributed by atoms with van der Waals surface area (Å²) in [7, 11) is 0. The summed E-state index contributed by atoms with van der Waals surface area (Å²) in [5.74, 6) is 1.09. The van der Waals surface area contributed by atoms with Crippen molar-refractivity contribution in [1.82, 2.24) is 4.90 Å². The number of amides is 1. The van der Waals surface area contributed by atoms with E-state index in [0.29, 0.717) is 12.3 Å². The summed E-state index contributed by atoms with van der Waals surface area (Å²) >= 11 is 0. The number of carbonyl (C=O) groups excluding carboxylic acids is 1. The van der Waals surface area contributed by atoms with Crippen molar-refractivity contribution in [2.45, 2.75) is 52.9 Å². The molecule has 2 nitrogen and oxygen atoms in total. The van der Waals surface area contributed by atoms with Gasteiger partial charge in [-0.25, -0.2) is 0 Å². The number of rotatable bonds is 4. The van der Waals surface area contributed by atoms with Crippen LogP contribution in [-0.4, -0.2) is 23.9 Å². The Balaban J connectivity index is 1.74. The van der Waals surface area contributed by atoms with Crippen LogP contribution in [-0.2, 0) is 11.2 Å². The molecule has 1 amide bonds. The van der Waals surface area contributed by atoms with Crippen LogP contribution in [0.2, 0.25) is 0 Å². The number of benzene rings is 1. The van der Waals surface area contributed by atoms with E-state index in [-0.39, 0.29) is 5.41 Å². The summed E-state index contributed by atoms with van der Waals surface area (Å²) in [4.78, 5) is 14.3. The molecule has 0 bridgehead atoms. The Hall–Kier alpha value is -1.31. The molecule has 0 unspecified atom stereocenters. The molecule has 0 radical (unpaired) electrons. The van der Waals surface area contributed by atoms with Crippen LogP contribution < -0.4 is 0 Å². The third-order valence-electron chi connectivity index (χ3n) is 4.42. The van der Waals surface area contributed by atoms with Gasteiger partial charge >= 0.3 is 0 Å². The van der Waals surface area contributed by atoms with E-state index in [9.17, 15) is 4.79 Å². The fraction of sp³-hybridized carbons (Fsp3) is 0.632. The van der Waals surface area contributed by atoms with Crippen LogP contribution in [0.15, 0.2) is 30.3 Å². The summed E-state index contributed by atoms with van der Waals surface area (Å²) in [6, 6.07) is 10.7. The summed E-state index contributed by atoms with van der Waals surface area (Å²) in [5.41, 5.74) is 1.68. The zero-order valence-corrected chi connectivity index (χ0v) is 13.8. The Bertz CT molecular complexity index is 438. The molecular weight excluding hydrogens is 258 g/mol. The average Bonchev–Trinajstić information content (AvgIpc) is 2.46. The van der Waals surface area contributed by atoms with Gasteiger partial charge in [0.15, 0.2) is 0 Å². The normalized spacial score (nSPS) is 17.0. The number of hydrogen-bond acceptors (Lipinski definition) is 1. The second-order valence-electron chi connectivity index (χ2n) is 7.57. The van der Waals surface area contributed by atoms with E-state index >= 15 is 0 Å². The third kappa shape index (κ3) is 5.53. The molecular formula is C19H29NO. The minimum Gasteiger partial charge on any atom is -0.343 e. The van der Waals surface area contributed by atoms with E-state index in [2.05, 4.69) is 56.0 Å². The van der Waals surface area contributed by atoms with Crippen LogP contribution >= 0.6 is 0 Å². The zero-order valence-electron chi connectivity index (χ0n) is 13.8. The lowest BCUT2D eigenvalue weighted by Crippen LogP contribution is -2.39. The Morgan fingerprint density at radius 2 is 1.76 bits per heavy atom. The number of carbonyl (C=O) groups is 1. The molecule has 1 aliphatic rings. The highest BCUT2D eigenvalue weighted by molar-refractivity contribution is 5.76. The topological polar surface area (TPSA) is 20.3 Å². The molecule has 116 valence electrons. The summed E-state index contributed by atoms with van der Waals surface area (Å²) in [6.45, 7) is 8.49. The lowest BCUT2D eigenvalue weighted by Gasteiger charge is -2.33. The molecule has 0 aromatic heterocycles. The van der Waals surface area contributed by atoms with Gasteiger partial charge in [-0.1, -0.05) is 51.1 Å². The first-order chi connectivity index (χ1) is 9.94. The first kappa shape index (κ1) is 16.1. The summed E-state index contributed by atoms with van der Waals surface area (Å²) < 4.78 is 0. The summed E-state index contributed by atoms with van der Waals surface area (Å²) in [5, 5.41) is 0. The number of hydrogen-bond donors (Lipinski definition) is 0. The number of piperidine rings is 1. The standard InChI is InChI=1S/C19H29NO/c1-19(2,3)12-9-18(21)20-13-10-17(11-14-20)15-16-7-5-4-6-8-16/h4-8,17H,9-15H2,1-3H3. The molecule has 1 aromatic carbocycles. The fourth-order valence-corrected chi connectivity index (χ4v) is 2.97. The van der Waals surface area contributed by atoms with E-state index < -0.39 is 0 Å². The number of likely N-dealkylation sites (tertiary alicyclic amines) is 1. The molecule has 21 heavy (non-hydrogen) atoms. The van der Waals surface area contributed by atoms with Crippen molar-refractivity contribution in [2.24, 2.45) is 11.3 Å². The SMILES string of the molecule is CC(C)(C)CCC(=O)N1CCC(Cc2ccccc2)CC1. The molecule has 0 atom stereocenters. The van der Waals surface area contributed by atoms with Crippen LogP contribution in [0.4, 0.5) is 0 Å². The molecule has 1 saturated heterocycles. The number of nitrogens with zero attached hydrogens (tertiary/aromatic N) is 1. The van der Waals surface area contributed by atoms with Gasteiger partial charge in [-0.15, -0.1) is 0 Å². The minimum absolute atomic E-state index is 0.251. The zero-order chi connectivity index (χ0) is 15.3. The van der Waals surface area contributed by atoms with Crippen molar-refractivity contribution in [2.75, 3.05) is 13.1 Å². The maximum absolute atomic E-state index is 12.2. The van der Waals surface area contributed by atoms with Gasteiger partial charge in [-0.2, -0.15) is 0 Å². The van der Waals surface area contributed by atoms with Crippen LogP contribution in [0.1, 0.15) is 52.0 Å². The van der Waals surface area contributed by atoms with Crippen molar-refractivity contribution in [3.05, 3.63) is 35.9 Å². The molecule has 0 aliphatic carbocycles. The fourth-order valence-electron chi connectivity index (χ4n) is 2.97. The van der Waals surface area contributed by atoms with Crippen molar-refractivity contribution in [1.29, 1.82) is 0 Å². The monoisotopic (exact) mass is 287 g/mol. The minimum atomic E-state index is 0.251. The Labute approximate surface area is 129 Å². The van der Waals surface area contributed by atoms with E-state index in [1.54, 1.807) is 0 Å². The smallest absolute Gasteiger partial charge is 0.222 e. The van der Waals surface area contributed by atoms with Gasteiger partial charge in [0.25, 0.3) is 0 Å². The molecule has 1 heterocycles. The molecule has 0 saturated carbocycles. The van der Waals surface area contributed by atoms with Crippen LogP contribution in [0, 0.1) is 11.3 Å². The van der Waals surface area contributed by atoms with Crippen molar-refractivity contribution < 1.29 is 4.79 Å². The highest BCUT2D eigenvalue weighted by Gasteiger charge is 2.23. The van der Waals surface area contributed by atoms with Gasteiger partial charge < -0.3 is 4.90 Å². The maximum atomic E-state index is 12.2. The second-order valence-corrected chi connectivity index (χ2v) is 7.57. The molecule has 1 aromatic rings. The lowest BCUT2D eigenvalue weighted by molar-refractivity contribution is -0.133. The van der Waals surface area contributed by atoms with Gasteiger partial charge in [0.1, 0.15) is 0 Å². The highest BCUT2D eigenvalue weighted by Crippen LogP contribution is 2.24. The third-order valence-corrected chi connectivity index (χ3v) is 4.42. The predicted molar refractivity (Wildman–Crippen MR) is 88.1 cm³/mol. The maximum Gasteiger partial charge on any atom is 0.222 e. The van der Waals surface area contributed by atoms with Gasteiger partial charge in [0, 0.05) is 19.5 Å². The van der Waals surface area contributed by atoms with E-state index in [0.717, 1.165) is 44.7 Å². The van der Waals surface area contributed by atoms with Gasteiger partial charge in [-0.3, -0.25) is 4.79 Å². The Kier molecular flexibility index (Phi) is 5.44. The van der Waals surface area contributed by atoms with Crippen molar-refractivity contribution >= 4 is 5.91 Å². The molecule has 0 spiro atoms. The average molecular weight is 287 g/mol. The molecule has 1 aliphatic heterocycles. The Morgan fingerprint density at radius 1 is 1.14 bits per heavy atom. The van der Waals surface area contributed by atoms with Gasteiger partial charge in [-0.05, 0) is 42.6 Å². The van der Waals surface area contributed by atoms with E-state index in [1.807, 2.05) is 0 Å². The van der Waals surface area contributed by atoms with Gasteiger partial charge in [0.2, 0.25) is 5.91 Å². The lowest BCUT2D eigenvalue weighted by atomic mass is 9.88. The van der Waals surface area contributed by atoms with Crippen LogP contribution in [0.25, 0.3) is 0 Å². The van der Waals surface area contributed by atoms with E-state index in [4.69, 9.17) is 0 Å². The van der Waals surface area contributed by atoms with Crippen LogP contribution in [0.5, 0.6) is 0 Å². The van der Waals surface area contributed by atoms with Crippen molar-refractivity contribution in [3.63, 3.8) is 0 Å². The highest BCUT2D eigenvalue weighted by atomic mass is 16.2.